The molecule has 0 saturated heterocycles. The van der Waals surface area contributed by atoms with E-state index in [1.807, 2.05) is 0 Å². The van der Waals surface area contributed by atoms with Crippen molar-refractivity contribution in [2.24, 2.45) is 0 Å². The molecule has 1 heterocycles. The summed E-state index contributed by atoms with van der Waals surface area (Å²) in [5.41, 5.74) is 3.72. The van der Waals surface area contributed by atoms with E-state index in [1.165, 1.54) is 43.2 Å². The fourth-order valence-electron chi connectivity index (χ4n) is 4.05. The van der Waals surface area contributed by atoms with Gasteiger partial charge in [0.25, 0.3) is 0 Å². The molecular weight excluding hydrogens is 336 g/mol. The Morgan fingerprint density at radius 1 is 1.11 bits per heavy atom. The summed E-state index contributed by atoms with van der Waals surface area (Å²) in [6, 6.07) is 6.84. The molecule has 2 aliphatic rings. The molecule has 5 heteroatoms. The van der Waals surface area contributed by atoms with Crippen LogP contribution < -0.4 is 4.74 Å². The van der Waals surface area contributed by atoms with E-state index in [-0.39, 0.29) is 0 Å². The van der Waals surface area contributed by atoms with Gasteiger partial charge in [-0.3, -0.25) is 0 Å². The number of allylic oxidation sites excluding steroid dienone is 2. The number of fused-ring (bicyclic) bond motifs is 1. The molecule has 2 aromatic rings. The lowest BCUT2D eigenvalue weighted by atomic mass is 9.94. The van der Waals surface area contributed by atoms with Gasteiger partial charge in [0.2, 0.25) is 0 Å². The van der Waals surface area contributed by atoms with Crippen LogP contribution in [0.15, 0.2) is 36.4 Å². The van der Waals surface area contributed by atoms with Crippen molar-refractivity contribution in [1.29, 1.82) is 0 Å². The molecule has 0 N–H and O–H groups in total. The second-order valence-corrected chi connectivity index (χ2v) is 7.67. The number of rotatable bonds is 7. The Bertz CT molecular complexity index is 817. The van der Waals surface area contributed by atoms with Gasteiger partial charge in [-0.1, -0.05) is 49.6 Å². The molecule has 142 valence electrons. The van der Waals surface area contributed by atoms with E-state index in [0.29, 0.717) is 6.04 Å². The van der Waals surface area contributed by atoms with Crippen molar-refractivity contribution in [2.45, 2.75) is 63.8 Å². The molecule has 1 saturated carbocycles. The van der Waals surface area contributed by atoms with Crippen LogP contribution in [0, 0.1) is 0 Å². The number of aryl methyl sites for hydroxylation is 1. The number of ether oxygens (including phenoxy) is 1. The zero-order valence-electron chi connectivity index (χ0n) is 15.9. The first-order chi connectivity index (χ1) is 13.3. The van der Waals surface area contributed by atoms with E-state index in [4.69, 9.17) is 4.74 Å². The summed E-state index contributed by atoms with van der Waals surface area (Å²) in [6.45, 7) is 4.75. The average molecular weight is 364 g/mol. The Morgan fingerprint density at radius 2 is 2.00 bits per heavy atom. The third kappa shape index (κ3) is 4.46. The number of hydrogen-bond donors (Lipinski definition) is 0. The molecule has 0 bridgehead atoms. The second kappa shape index (κ2) is 8.51. The topological polar surface area (TPSA) is 52.8 Å². The monoisotopic (exact) mass is 364 g/mol. The second-order valence-electron chi connectivity index (χ2n) is 7.67. The van der Waals surface area contributed by atoms with Crippen LogP contribution in [-0.2, 0) is 12.8 Å². The molecule has 0 spiro atoms. The van der Waals surface area contributed by atoms with E-state index in [0.717, 1.165) is 49.4 Å². The van der Waals surface area contributed by atoms with Gasteiger partial charge in [-0.05, 0) is 65.8 Å². The van der Waals surface area contributed by atoms with Crippen LogP contribution in [0.25, 0.3) is 6.08 Å². The van der Waals surface area contributed by atoms with Crippen LogP contribution in [-0.4, -0.2) is 26.8 Å². The summed E-state index contributed by atoms with van der Waals surface area (Å²) in [6.07, 6.45) is 14.5. The number of aromatic nitrogens is 4. The van der Waals surface area contributed by atoms with Gasteiger partial charge in [0, 0.05) is 6.42 Å². The molecular formula is C22H28N4O. The number of unbranched alkanes of at least 4 members (excludes halogenated alkanes) is 1. The van der Waals surface area contributed by atoms with Crippen molar-refractivity contribution in [2.75, 3.05) is 6.61 Å². The van der Waals surface area contributed by atoms with E-state index in [1.54, 1.807) is 0 Å². The van der Waals surface area contributed by atoms with Crippen molar-refractivity contribution < 1.29 is 4.74 Å². The lowest BCUT2D eigenvalue weighted by molar-refractivity contribution is 0.300. The van der Waals surface area contributed by atoms with Crippen LogP contribution in [0.1, 0.15) is 67.9 Å². The number of hydrogen-bond acceptors (Lipinski definition) is 4. The number of nitrogens with zero attached hydrogens (tertiary/aromatic N) is 4. The molecule has 27 heavy (non-hydrogen) atoms. The smallest absolute Gasteiger partial charge is 0.151 e. The van der Waals surface area contributed by atoms with Crippen LogP contribution in [0.3, 0.4) is 0 Å². The van der Waals surface area contributed by atoms with Crippen LogP contribution in [0.5, 0.6) is 5.75 Å². The fraction of sp³-hybridized carbons (Fsp3) is 0.500. The maximum atomic E-state index is 5.95. The molecule has 4 rings (SSSR count). The zero-order valence-corrected chi connectivity index (χ0v) is 15.9. The van der Waals surface area contributed by atoms with Crippen molar-refractivity contribution in [3.63, 3.8) is 0 Å². The summed E-state index contributed by atoms with van der Waals surface area (Å²) in [5.74, 6) is 1.97. The average Bonchev–Trinajstić information content (AvgIpc) is 3.17. The predicted molar refractivity (Wildman–Crippen MR) is 107 cm³/mol. The Kier molecular flexibility index (Phi) is 5.66. The van der Waals surface area contributed by atoms with Gasteiger partial charge in [-0.2, -0.15) is 0 Å². The van der Waals surface area contributed by atoms with E-state index < -0.39 is 0 Å². The van der Waals surface area contributed by atoms with Gasteiger partial charge >= 0.3 is 0 Å². The lowest BCUT2D eigenvalue weighted by Gasteiger charge is -2.22. The predicted octanol–water partition coefficient (Wildman–Crippen LogP) is 4.71. The van der Waals surface area contributed by atoms with Crippen LogP contribution in [0.2, 0.25) is 0 Å². The summed E-state index contributed by atoms with van der Waals surface area (Å²) in [5, 5.41) is 12.4. The Hall–Kier alpha value is -2.43. The Labute approximate surface area is 161 Å². The first-order valence-corrected chi connectivity index (χ1v) is 10.2. The van der Waals surface area contributed by atoms with Gasteiger partial charge in [0.1, 0.15) is 5.75 Å². The van der Waals surface area contributed by atoms with Crippen LogP contribution >= 0.6 is 0 Å². The van der Waals surface area contributed by atoms with Crippen molar-refractivity contribution in [3.05, 3.63) is 53.4 Å². The minimum absolute atomic E-state index is 0.500. The molecule has 1 aromatic heterocycles. The lowest BCUT2D eigenvalue weighted by Crippen LogP contribution is -2.17. The zero-order chi connectivity index (χ0) is 18.5. The molecule has 5 nitrogen and oxygen atoms in total. The van der Waals surface area contributed by atoms with Gasteiger partial charge in [0.15, 0.2) is 5.82 Å². The van der Waals surface area contributed by atoms with Gasteiger partial charge in [-0.25, -0.2) is 4.68 Å². The van der Waals surface area contributed by atoms with Gasteiger partial charge in [-0.15, -0.1) is 5.10 Å². The molecule has 1 fully saturated rings. The molecule has 1 aromatic carbocycles. The largest absolute Gasteiger partial charge is 0.494 e. The molecule has 0 radical (unpaired) electrons. The maximum absolute atomic E-state index is 5.95. The fourth-order valence-corrected chi connectivity index (χ4v) is 4.05. The highest BCUT2D eigenvalue weighted by atomic mass is 16.5. The van der Waals surface area contributed by atoms with E-state index in [9.17, 15) is 0 Å². The number of benzene rings is 1. The first kappa shape index (κ1) is 18.0. The third-order valence-electron chi connectivity index (χ3n) is 5.58. The SMILES string of the molecule is C=C1C=Cc2cc(OCCCCc3nnnn3C3CCCCC3)ccc2C1. The van der Waals surface area contributed by atoms with E-state index >= 15 is 0 Å². The summed E-state index contributed by atoms with van der Waals surface area (Å²) >= 11 is 0. The minimum Gasteiger partial charge on any atom is -0.494 e. The normalized spacial score (nSPS) is 17.1. The third-order valence-corrected chi connectivity index (χ3v) is 5.58. The highest BCUT2D eigenvalue weighted by Gasteiger charge is 2.19. The van der Waals surface area contributed by atoms with Crippen molar-refractivity contribution in [3.8, 4) is 5.75 Å². The standard InChI is InChI=1S/C22H28N4O/c1-17-10-11-19-16-21(13-12-18(19)15-17)27-14-6-5-9-22-23-24-25-26(22)20-7-3-2-4-8-20/h10-13,16,20H,1-9,14-15H2. The Balaban J connectivity index is 1.23. The summed E-state index contributed by atoms with van der Waals surface area (Å²) in [7, 11) is 0. The molecule has 0 atom stereocenters. The van der Waals surface area contributed by atoms with E-state index in [2.05, 4.69) is 57.1 Å². The maximum Gasteiger partial charge on any atom is 0.151 e. The quantitative estimate of drug-likeness (QED) is 0.668. The number of tetrazole rings is 1. The van der Waals surface area contributed by atoms with Crippen molar-refractivity contribution in [1.82, 2.24) is 20.2 Å². The minimum atomic E-state index is 0.500. The highest BCUT2D eigenvalue weighted by Crippen LogP contribution is 2.28. The van der Waals surface area contributed by atoms with Gasteiger partial charge < -0.3 is 4.74 Å². The first-order valence-electron chi connectivity index (χ1n) is 10.2. The van der Waals surface area contributed by atoms with Crippen LogP contribution in [0.4, 0.5) is 0 Å². The summed E-state index contributed by atoms with van der Waals surface area (Å²) < 4.78 is 8.02. The molecule has 0 aliphatic heterocycles. The van der Waals surface area contributed by atoms with Gasteiger partial charge in [0.05, 0.1) is 12.6 Å². The van der Waals surface area contributed by atoms with Crippen molar-refractivity contribution >= 4 is 6.08 Å². The molecule has 0 unspecified atom stereocenters. The molecule has 0 amide bonds. The Morgan fingerprint density at radius 3 is 2.89 bits per heavy atom. The highest BCUT2D eigenvalue weighted by molar-refractivity contribution is 5.63. The molecule has 2 aliphatic carbocycles. The summed E-state index contributed by atoms with van der Waals surface area (Å²) in [4.78, 5) is 0.